The first-order valence-corrected chi connectivity index (χ1v) is 11.1. The molecule has 2 heterocycles. The molecular weight excluding hydrogens is 498 g/mol. The third-order valence-corrected chi connectivity index (χ3v) is 5.91. The van der Waals surface area contributed by atoms with Gasteiger partial charge in [0.1, 0.15) is 17.7 Å². The Morgan fingerprint density at radius 2 is 2.06 bits per heavy atom. The number of benzene rings is 1. The van der Waals surface area contributed by atoms with Crippen LogP contribution in [0, 0.1) is 5.82 Å². The highest BCUT2D eigenvalue weighted by Crippen LogP contribution is 2.38. The van der Waals surface area contributed by atoms with Crippen LogP contribution in [0.2, 0.25) is 5.02 Å². The first-order chi connectivity index (χ1) is 16.5. The number of fused-ring (bicyclic) bond motifs is 1. The van der Waals surface area contributed by atoms with Gasteiger partial charge in [0.2, 0.25) is 0 Å². The van der Waals surface area contributed by atoms with E-state index in [9.17, 15) is 27.5 Å². The van der Waals surface area contributed by atoms with E-state index in [2.05, 4.69) is 21.7 Å². The number of hydrogen-bond acceptors (Lipinski definition) is 6. The Labute approximate surface area is 202 Å². The molecule has 2 aliphatic rings. The fraction of sp³-hybridized carbons (Fsp3) is 0.455. The van der Waals surface area contributed by atoms with Crippen LogP contribution in [0.15, 0.2) is 36.8 Å². The number of ether oxygens (including phenoxy) is 3. The molecular formula is C22H22ClF4N3O5. The average molecular weight is 520 g/mol. The van der Waals surface area contributed by atoms with Gasteiger partial charge < -0.3 is 19.9 Å². The summed E-state index contributed by atoms with van der Waals surface area (Å²) in [6, 6.07) is 2.30. The van der Waals surface area contributed by atoms with E-state index in [1.807, 2.05) is 0 Å². The van der Waals surface area contributed by atoms with Crippen LogP contribution in [0.25, 0.3) is 0 Å². The number of aliphatic hydroxyl groups excluding tert-OH is 1. The predicted molar refractivity (Wildman–Crippen MR) is 114 cm³/mol. The molecule has 190 valence electrons. The van der Waals surface area contributed by atoms with Crippen LogP contribution in [0.1, 0.15) is 37.4 Å². The smallest absolute Gasteiger partial charge is 0.487 e. The second-order valence-corrected chi connectivity index (χ2v) is 8.75. The van der Waals surface area contributed by atoms with Crippen molar-refractivity contribution in [1.29, 1.82) is 0 Å². The molecule has 1 aromatic heterocycles. The molecule has 1 aliphatic heterocycles. The van der Waals surface area contributed by atoms with Crippen LogP contribution in [0.5, 0.6) is 11.5 Å². The maximum Gasteiger partial charge on any atom is 0.522 e. The van der Waals surface area contributed by atoms with Gasteiger partial charge in [-0.25, -0.2) is 4.39 Å². The summed E-state index contributed by atoms with van der Waals surface area (Å²) in [7, 11) is 0. The molecule has 1 amide bonds. The van der Waals surface area contributed by atoms with Gasteiger partial charge in [-0.1, -0.05) is 18.2 Å². The number of nitrogens with zero attached hydrogens (tertiary/aromatic N) is 2. The number of aromatic nitrogens is 2. The van der Waals surface area contributed by atoms with Gasteiger partial charge in [0.15, 0.2) is 11.9 Å². The summed E-state index contributed by atoms with van der Waals surface area (Å²) in [6.45, 7) is 4.14. The average Bonchev–Trinajstić information content (AvgIpc) is 3.18. The summed E-state index contributed by atoms with van der Waals surface area (Å²) in [5, 5.41) is 16.9. The Bertz CT molecular complexity index is 1100. The zero-order chi connectivity index (χ0) is 25.3. The van der Waals surface area contributed by atoms with Gasteiger partial charge in [-0.05, 0) is 6.07 Å². The van der Waals surface area contributed by atoms with Gasteiger partial charge in [0, 0.05) is 49.6 Å². The quantitative estimate of drug-likeness (QED) is 0.512. The topological polar surface area (TPSA) is 94.8 Å². The number of halogens is 5. The highest BCUT2D eigenvalue weighted by molar-refractivity contribution is 6.30. The number of carbonyl (C=O) groups is 1. The van der Waals surface area contributed by atoms with E-state index in [4.69, 9.17) is 21.1 Å². The molecule has 0 saturated heterocycles. The van der Waals surface area contributed by atoms with Crippen LogP contribution in [-0.2, 0) is 16.1 Å². The largest absolute Gasteiger partial charge is 0.522 e. The molecule has 4 rings (SSSR count). The van der Waals surface area contributed by atoms with Gasteiger partial charge in [-0.15, -0.1) is 13.2 Å². The molecule has 2 aromatic rings. The molecule has 1 aliphatic carbocycles. The van der Waals surface area contributed by atoms with Crippen molar-refractivity contribution in [2.24, 2.45) is 0 Å². The zero-order valence-electron chi connectivity index (χ0n) is 18.2. The van der Waals surface area contributed by atoms with Crippen LogP contribution in [0.4, 0.5) is 17.6 Å². The molecule has 0 spiro atoms. The third-order valence-electron chi connectivity index (χ3n) is 5.62. The van der Waals surface area contributed by atoms with Crippen molar-refractivity contribution in [3.8, 4) is 11.5 Å². The third kappa shape index (κ3) is 6.44. The number of hydrogen-bond donors (Lipinski definition) is 2. The molecule has 35 heavy (non-hydrogen) atoms. The number of alkyl halides is 3. The van der Waals surface area contributed by atoms with E-state index in [0.29, 0.717) is 30.0 Å². The second-order valence-electron chi connectivity index (χ2n) is 8.34. The Morgan fingerprint density at radius 1 is 1.31 bits per heavy atom. The molecule has 13 heteroatoms. The molecule has 2 atom stereocenters. The van der Waals surface area contributed by atoms with E-state index in [1.54, 1.807) is 10.9 Å². The Morgan fingerprint density at radius 3 is 2.77 bits per heavy atom. The molecule has 2 N–H and O–H groups in total. The van der Waals surface area contributed by atoms with E-state index >= 15 is 0 Å². The molecule has 0 radical (unpaired) electrons. The summed E-state index contributed by atoms with van der Waals surface area (Å²) in [4.78, 5) is 12.6. The summed E-state index contributed by atoms with van der Waals surface area (Å²) in [5.41, 5.74) is 0.673. The van der Waals surface area contributed by atoms with Crippen LogP contribution in [0.3, 0.4) is 0 Å². The number of aliphatic hydroxyl groups is 1. The van der Waals surface area contributed by atoms with Crippen molar-refractivity contribution in [3.63, 3.8) is 0 Å². The van der Waals surface area contributed by atoms with Gasteiger partial charge in [-0.2, -0.15) is 5.10 Å². The highest BCUT2D eigenvalue weighted by atomic mass is 35.5. The maximum absolute atomic E-state index is 13.7. The van der Waals surface area contributed by atoms with Crippen molar-refractivity contribution >= 4 is 17.5 Å². The van der Waals surface area contributed by atoms with Crippen molar-refractivity contribution < 1.29 is 41.7 Å². The molecule has 8 nitrogen and oxygen atoms in total. The zero-order valence-corrected chi connectivity index (χ0v) is 19.0. The molecule has 1 saturated carbocycles. The molecule has 0 unspecified atom stereocenters. The number of allylic oxidation sites excluding steroid dienone is 1. The van der Waals surface area contributed by atoms with E-state index in [1.165, 1.54) is 12.3 Å². The van der Waals surface area contributed by atoms with E-state index in [0.717, 1.165) is 6.07 Å². The minimum absolute atomic E-state index is 0.0377. The minimum Gasteiger partial charge on any atom is -0.487 e. The number of rotatable bonds is 8. The Kier molecular flexibility index (Phi) is 7.25. The fourth-order valence-electron chi connectivity index (χ4n) is 3.78. The maximum atomic E-state index is 13.7. The van der Waals surface area contributed by atoms with Gasteiger partial charge >= 0.3 is 6.36 Å². The van der Waals surface area contributed by atoms with E-state index < -0.39 is 36.4 Å². The fourth-order valence-corrected chi connectivity index (χ4v) is 3.96. The van der Waals surface area contributed by atoms with Crippen molar-refractivity contribution in [1.82, 2.24) is 15.1 Å². The number of carbonyl (C=O) groups excluding carboxylic acids is 1. The van der Waals surface area contributed by atoms with Gasteiger partial charge in [0.25, 0.3) is 5.91 Å². The van der Waals surface area contributed by atoms with Crippen LogP contribution >= 0.6 is 11.6 Å². The minimum atomic E-state index is -4.65. The Balaban J connectivity index is 1.21. The SMILES string of the molecule is C=C(CCn1cc(O[C@H]2C[C@@H](OC(F)(F)F)C2)cn1)NC(=O)[C@H]1C[C@@H](O)c2cc(Cl)c(F)cc2O1. The summed E-state index contributed by atoms with van der Waals surface area (Å²) in [5.74, 6) is -0.813. The Hall–Kier alpha value is -2.83. The molecule has 1 fully saturated rings. The first-order valence-electron chi connectivity index (χ1n) is 10.7. The van der Waals surface area contributed by atoms with Crippen molar-refractivity contribution in [2.45, 2.75) is 63.0 Å². The standard InChI is InChI=1S/C22H22ClF4N3O5/c1-11(29-21(32)20-8-18(31)15-6-16(23)17(24)7-19(15)34-20)2-3-30-10-14(9-28-30)33-12-4-13(5-12)35-22(25,26)27/h6-7,9-10,12-13,18,20,31H,1-5,8H2,(H,29,32)/t12-,13+,18-,20-/m1/s1. The lowest BCUT2D eigenvalue weighted by Crippen LogP contribution is -2.42. The van der Waals surface area contributed by atoms with Crippen LogP contribution < -0.4 is 14.8 Å². The van der Waals surface area contributed by atoms with Gasteiger partial charge in [0.05, 0.1) is 29.6 Å². The summed E-state index contributed by atoms with van der Waals surface area (Å²) >= 11 is 5.74. The van der Waals surface area contributed by atoms with Crippen molar-refractivity contribution in [2.75, 3.05) is 0 Å². The number of nitrogens with one attached hydrogen (secondary N) is 1. The highest BCUT2D eigenvalue weighted by Gasteiger charge is 2.41. The van der Waals surface area contributed by atoms with Gasteiger partial charge in [-0.3, -0.25) is 14.2 Å². The first kappa shape index (κ1) is 25.3. The second kappa shape index (κ2) is 10.0. The predicted octanol–water partition coefficient (Wildman–Crippen LogP) is 4.03. The normalized spacial score (nSPS) is 23.6. The van der Waals surface area contributed by atoms with Crippen molar-refractivity contribution in [3.05, 3.63) is 53.2 Å². The molecule has 0 bridgehead atoms. The number of aryl methyl sites for hydroxylation is 1. The lowest BCUT2D eigenvalue weighted by Gasteiger charge is -2.34. The summed E-state index contributed by atoms with van der Waals surface area (Å²) in [6.07, 6.45) is -4.46. The molecule has 1 aromatic carbocycles. The summed E-state index contributed by atoms with van der Waals surface area (Å²) < 4.78 is 66.9. The number of amides is 1. The van der Waals surface area contributed by atoms with Crippen LogP contribution in [-0.4, -0.2) is 45.5 Å². The lowest BCUT2D eigenvalue weighted by molar-refractivity contribution is -0.355. The van der Waals surface area contributed by atoms with E-state index in [-0.39, 0.29) is 36.1 Å². The lowest BCUT2D eigenvalue weighted by atomic mass is 9.92. The monoisotopic (exact) mass is 519 g/mol.